The van der Waals surface area contributed by atoms with Gasteiger partial charge in [-0.2, -0.15) is 0 Å². The summed E-state index contributed by atoms with van der Waals surface area (Å²) >= 11 is 1.44. The zero-order valence-electron chi connectivity index (χ0n) is 23.3. The molecular formula is C34H32N2O4S. The standard InChI is InChI=1S/C34H32N2O4S/c1-23-8-7-11-26(18-23)22-36-28-21-27(33(37)35-17-16-25-12-14-29(39-2)30(19-25)40-3)13-15-31(28)41-32(34(36)38)20-24-9-5-4-6-10-24/h4-15,18-21H,16-17,22H2,1-3H3,(H,35,37)/b32-20+. The van der Waals surface area contributed by atoms with Crippen LogP contribution >= 0.6 is 11.8 Å². The summed E-state index contributed by atoms with van der Waals surface area (Å²) < 4.78 is 10.7. The van der Waals surface area contributed by atoms with Gasteiger partial charge in [-0.05, 0) is 66.4 Å². The van der Waals surface area contributed by atoms with E-state index in [9.17, 15) is 9.59 Å². The zero-order chi connectivity index (χ0) is 28.8. The van der Waals surface area contributed by atoms with Crippen molar-refractivity contribution in [1.82, 2.24) is 5.32 Å². The average molecular weight is 565 g/mol. The summed E-state index contributed by atoms with van der Waals surface area (Å²) in [6.45, 7) is 2.90. The number of methoxy groups -OCH3 is 2. The molecule has 1 aliphatic rings. The molecule has 1 aliphatic heterocycles. The first kappa shape index (κ1) is 28.1. The number of hydrogen-bond acceptors (Lipinski definition) is 5. The number of nitrogens with one attached hydrogen (secondary N) is 1. The topological polar surface area (TPSA) is 67.9 Å². The molecule has 7 heteroatoms. The molecule has 1 heterocycles. The predicted molar refractivity (Wildman–Crippen MR) is 165 cm³/mol. The molecule has 0 saturated heterocycles. The van der Waals surface area contributed by atoms with Gasteiger partial charge in [0.15, 0.2) is 11.5 Å². The van der Waals surface area contributed by atoms with Crippen molar-refractivity contribution in [3.63, 3.8) is 0 Å². The highest BCUT2D eigenvalue weighted by Crippen LogP contribution is 2.43. The number of rotatable bonds is 9. The Labute approximate surface area is 245 Å². The van der Waals surface area contributed by atoms with Gasteiger partial charge < -0.3 is 19.7 Å². The molecule has 0 fully saturated rings. The average Bonchev–Trinajstić information content (AvgIpc) is 2.99. The van der Waals surface area contributed by atoms with E-state index in [0.717, 1.165) is 32.8 Å². The minimum absolute atomic E-state index is 0.0844. The molecule has 0 radical (unpaired) electrons. The molecule has 0 saturated carbocycles. The summed E-state index contributed by atoms with van der Waals surface area (Å²) in [4.78, 5) is 30.3. The van der Waals surface area contributed by atoms with Crippen LogP contribution in [0.15, 0.2) is 101 Å². The van der Waals surface area contributed by atoms with Crippen LogP contribution in [0.3, 0.4) is 0 Å². The van der Waals surface area contributed by atoms with Gasteiger partial charge >= 0.3 is 0 Å². The monoisotopic (exact) mass is 564 g/mol. The molecule has 4 aromatic rings. The Balaban J connectivity index is 1.38. The Bertz CT molecular complexity index is 1600. The summed E-state index contributed by atoms with van der Waals surface area (Å²) in [6.07, 6.45) is 2.56. The number of nitrogens with zero attached hydrogens (tertiary/aromatic N) is 1. The molecule has 4 aromatic carbocycles. The number of anilines is 1. The molecule has 0 bridgehead atoms. The number of thioether (sulfide) groups is 1. The van der Waals surface area contributed by atoms with Crippen molar-refractivity contribution in [1.29, 1.82) is 0 Å². The van der Waals surface area contributed by atoms with E-state index < -0.39 is 0 Å². The van der Waals surface area contributed by atoms with Crippen LogP contribution in [0.2, 0.25) is 0 Å². The van der Waals surface area contributed by atoms with Crippen LogP contribution in [0.1, 0.15) is 32.6 Å². The number of fused-ring (bicyclic) bond motifs is 1. The third-order valence-corrected chi connectivity index (χ3v) is 7.93. The first-order chi connectivity index (χ1) is 19.9. The lowest BCUT2D eigenvalue weighted by Gasteiger charge is -2.31. The van der Waals surface area contributed by atoms with Crippen molar-refractivity contribution in [3.05, 3.63) is 124 Å². The van der Waals surface area contributed by atoms with E-state index >= 15 is 0 Å². The summed E-state index contributed by atoms with van der Waals surface area (Å²) in [7, 11) is 3.20. The van der Waals surface area contributed by atoms with Gasteiger partial charge in [0.1, 0.15) is 0 Å². The van der Waals surface area contributed by atoms with Crippen molar-refractivity contribution in [3.8, 4) is 11.5 Å². The fraction of sp³-hybridized carbons (Fsp3) is 0.176. The molecular weight excluding hydrogens is 532 g/mol. The van der Waals surface area contributed by atoms with E-state index in [1.807, 2.05) is 97.9 Å². The number of benzene rings is 4. The van der Waals surface area contributed by atoms with Gasteiger partial charge in [0, 0.05) is 17.0 Å². The second-order valence-corrected chi connectivity index (χ2v) is 10.9. The Morgan fingerprint density at radius 2 is 1.68 bits per heavy atom. The predicted octanol–water partition coefficient (Wildman–Crippen LogP) is 6.66. The lowest BCUT2D eigenvalue weighted by molar-refractivity contribution is -0.114. The molecule has 2 amide bonds. The van der Waals surface area contributed by atoms with Gasteiger partial charge in [-0.25, -0.2) is 0 Å². The minimum Gasteiger partial charge on any atom is -0.493 e. The van der Waals surface area contributed by atoms with Crippen LogP contribution in [0.25, 0.3) is 6.08 Å². The van der Waals surface area contributed by atoms with E-state index in [4.69, 9.17) is 9.47 Å². The third-order valence-electron chi connectivity index (χ3n) is 6.86. The highest BCUT2D eigenvalue weighted by atomic mass is 32.2. The normalized spacial score (nSPS) is 13.6. The fourth-order valence-electron chi connectivity index (χ4n) is 4.76. The molecule has 41 heavy (non-hydrogen) atoms. The zero-order valence-corrected chi connectivity index (χ0v) is 24.2. The lowest BCUT2D eigenvalue weighted by Crippen LogP contribution is -2.34. The van der Waals surface area contributed by atoms with Gasteiger partial charge in [0.2, 0.25) is 0 Å². The highest BCUT2D eigenvalue weighted by Gasteiger charge is 2.30. The molecule has 5 rings (SSSR count). The Morgan fingerprint density at radius 3 is 2.44 bits per heavy atom. The molecule has 1 N–H and O–H groups in total. The lowest BCUT2D eigenvalue weighted by atomic mass is 10.1. The van der Waals surface area contributed by atoms with Gasteiger partial charge in [-0.15, -0.1) is 0 Å². The van der Waals surface area contributed by atoms with E-state index in [1.165, 1.54) is 11.8 Å². The summed E-state index contributed by atoms with van der Waals surface area (Å²) in [5.41, 5.74) is 5.39. The molecule has 208 valence electrons. The molecule has 0 spiro atoms. The summed E-state index contributed by atoms with van der Waals surface area (Å²) in [5, 5.41) is 3.01. The Morgan fingerprint density at radius 1 is 0.878 bits per heavy atom. The third kappa shape index (κ3) is 6.64. The first-order valence-electron chi connectivity index (χ1n) is 13.4. The fourth-order valence-corrected chi connectivity index (χ4v) is 5.80. The van der Waals surface area contributed by atoms with Crippen molar-refractivity contribution in [2.75, 3.05) is 25.7 Å². The molecule has 0 atom stereocenters. The maximum atomic E-state index is 13.8. The highest BCUT2D eigenvalue weighted by molar-refractivity contribution is 8.04. The van der Waals surface area contributed by atoms with Crippen LogP contribution < -0.4 is 19.7 Å². The summed E-state index contributed by atoms with van der Waals surface area (Å²) in [5.74, 6) is 1.05. The largest absolute Gasteiger partial charge is 0.493 e. The van der Waals surface area contributed by atoms with Crippen LogP contribution in [0.5, 0.6) is 11.5 Å². The smallest absolute Gasteiger partial charge is 0.265 e. The first-order valence-corrected chi connectivity index (χ1v) is 14.2. The second-order valence-electron chi connectivity index (χ2n) is 9.78. The number of carbonyl (C=O) groups excluding carboxylic acids is 2. The quantitative estimate of drug-likeness (QED) is 0.230. The SMILES string of the molecule is COc1ccc(CCNC(=O)c2ccc3c(c2)N(Cc2cccc(C)c2)C(=O)/C(=C\c2ccccc2)S3)cc1OC. The van der Waals surface area contributed by atoms with E-state index in [0.29, 0.717) is 41.5 Å². The number of ether oxygens (including phenoxy) is 2. The number of aryl methyl sites for hydroxylation is 1. The van der Waals surface area contributed by atoms with Crippen LogP contribution in [-0.2, 0) is 17.8 Å². The molecule has 0 aromatic heterocycles. The second kappa shape index (κ2) is 12.8. The van der Waals surface area contributed by atoms with E-state index in [-0.39, 0.29) is 11.8 Å². The van der Waals surface area contributed by atoms with Gasteiger partial charge in [0.05, 0.1) is 31.4 Å². The molecule has 0 aliphatic carbocycles. The van der Waals surface area contributed by atoms with Crippen molar-refractivity contribution < 1.29 is 19.1 Å². The van der Waals surface area contributed by atoms with E-state index in [1.54, 1.807) is 19.1 Å². The van der Waals surface area contributed by atoms with Crippen molar-refractivity contribution in [2.45, 2.75) is 24.8 Å². The van der Waals surface area contributed by atoms with E-state index in [2.05, 4.69) is 11.4 Å². The van der Waals surface area contributed by atoms with Crippen molar-refractivity contribution in [2.24, 2.45) is 0 Å². The van der Waals surface area contributed by atoms with Gasteiger partial charge in [-0.3, -0.25) is 9.59 Å². The Hall–Kier alpha value is -4.49. The number of carbonyl (C=O) groups is 2. The molecule has 0 unspecified atom stereocenters. The Kier molecular flexibility index (Phi) is 8.75. The minimum atomic E-state index is -0.188. The van der Waals surface area contributed by atoms with Gasteiger partial charge in [-0.1, -0.05) is 78.0 Å². The van der Waals surface area contributed by atoms with Crippen molar-refractivity contribution >= 4 is 35.3 Å². The number of hydrogen-bond donors (Lipinski definition) is 1. The maximum Gasteiger partial charge on any atom is 0.265 e. The van der Waals surface area contributed by atoms with Crippen LogP contribution in [0.4, 0.5) is 5.69 Å². The summed E-state index contributed by atoms with van der Waals surface area (Å²) in [6, 6.07) is 29.3. The van der Waals surface area contributed by atoms with Crippen LogP contribution in [0, 0.1) is 6.92 Å². The van der Waals surface area contributed by atoms with Gasteiger partial charge in [0.25, 0.3) is 11.8 Å². The number of amides is 2. The van der Waals surface area contributed by atoms with Crippen LogP contribution in [-0.4, -0.2) is 32.6 Å². The molecule has 6 nitrogen and oxygen atoms in total. The maximum absolute atomic E-state index is 13.8.